The lowest BCUT2D eigenvalue weighted by molar-refractivity contribution is -0.116. The van der Waals surface area contributed by atoms with Crippen LogP contribution in [-0.4, -0.2) is 17.6 Å². The van der Waals surface area contributed by atoms with Gasteiger partial charge in [0.1, 0.15) is 5.75 Å². The third-order valence-corrected chi connectivity index (χ3v) is 6.22. The molecular weight excluding hydrogens is 422 g/mol. The van der Waals surface area contributed by atoms with Crippen molar-refractivity contribution in [3.05, 3.63) is 59.7 Å². The molecule has 0 saturated carbocycles. The van der Waals surface area contributed by atoms with Crippen LogP contribution in [0.1, 0.15) is 102 Å². The monoisotopic (exact) mass is 467 g/mol. The molecule has 0 aromatic heterocycles. The van der Waals surface area contributed by atoms with Crippen molar-refractivity contribution >= 4 is 11.6 Å². The molecule has 0 radical (unpaired) electrons. The molecule has 0 unspecified atom stereocenters. The average Bonchev–Trinajstić information content (AvgIpc) is 2.86. The number of aryl methyl sites for hydroxylation is 1. The highest BCUT2D eigenvalue weighted by molar-refractivity contribution is 5.90. The van der Waals surface area contributed by atoms with Crippen LogP contribution < -0.4 is 10.1 Å². The summed E-state index contributed by atoms with van der Waals surface area (Å²) in [7, 11) is 0. The minimum Gasteiger partial charge on any atom is -0.494 e. The smallest absolute Gasteiger partial charge is 0.224 e. The van der Waals surface area contributed by atoms with Crippen molar-refractivity contribution in [1.29, 1.82) is 0 Å². The maximum absolute atomic E-state index is 12.2. The number of carbonyl (C=O) groups excluding carboxylic acids is 1. The molecule has 0 fully saturated rings. The number of hydrogen-bond donors (Lipinski definition) is 2. The lowest BCUT2D eigenvalue weighted by atomic mass is 10.1. The van der Waals surface area contributed by atoms with Gasteiger partial charge in [0.25, 0.3) is 0 Å². The van der Waals surface area contributed by atoms with Gasteiger partial charge in [0, 0.05) is 12.1 Å². The number of nitrogens with one attached hydrogen (secondary N) is 1. The van der Waals surface area contributed by atoms with Crippen molar-refractivity contribution < 1.29 is 14.6 Å². The fourth-order valence-electron chi connectivity index (χ4n) is 4.11. The molecule has 0 spiro atoms. The highest BCUT2D eigenvalue weighted by Gasteiger charge is 2.05. The predicted octanol–water partition coefficient (Wildman–Crippen LogP) is 7.83. The molecule has 2 aromatic carbocycles. The summed E-state index contributed by atoms with van der Waals surface area (Å²) in [6.45, 7) is 3.01. The topological polar surface area (TPSA) is 58.6 Å². The van der Waals surface area contributed by atoms with Crippen molar-refractivity contribution in [2.24, 2.45) is 0 Å². The Hall–Kier alpha value is -2.33. The molecular formula is C30H45NO3. The van der Waals surface area contributed by atoms with Gasteiger partial charge < -0.3 is 15.2 Å². The standard InChI is InChI=1S/C30H45NO3/c1-2-3-4-5-6-7-8-9-10-11-12-13-23-34-29-20-17-26(18-21-29)19-22-30(33)31-28-16-14-15-27(24-28)25-32/h14-18,20-21,24,32H,2-13,19,22-23,25H2,1H3,(H,31,33). The van der Waals surface area contributed by atoms with Gasteiger partial charge in [-0.1, -0.05) is 102 Å². The Kier molecular flexibility index (Phi) is 14.8. The Bertz CT molecular complexity index is 788. The van der Waals surface area contributed by atoms with Gasteiger partial charge in [-0.25, -0.2) is 0 Å². The molecule has 2 N–H and O–H groups in total. The van der Waals surface area contributed by atoms with Crippen molar-refractivity contribution in [2.75, 3.05) is 11.9 Å². The number of amides is 1. The van der Waals surface area contributed by atoms with E-state index < -0.39 is 0 Å². The van der Waals surface area contributed by atoms with Crippen molar-refractivity contribution in [3.8, 4) is 5.75 Å². The molecule has 188 valence electrons. The lowest BCUT2D eigenvalue weighted by Crippen LogP contribution is -2.12. The van der Waals surface area contributed by atoms with Crippen LogP contribution in [0.15, 0.2) is 48.5 Å². The molecule has 2 rings (SSSR count). The number of aliphatic hydroxyl groups is 1. The second kappa shape index (κ2) is 18.1. The van der Waals surface area contributed by atoms with Crippen molar-refractivity contribution in [3.63, 3.8) is 0 Å². The zero-order valence-corrected chi connectivity index (χ0v) is 21.2. The lowest BCUT2D eigenvalue weighted by Gasteiger charge is -2.08. The SMILES string of the molecule is CCCCCCCCCCCCCCOc1ccc(CCC(=O)Nc2cccc(CO)c2)cc1. The van der Waals surface area contributed by atoms with E-state index >= 15 is 0 Å². The molecule has 4 heteroatoms. The van der Waals surface area contributed by atoms with E-state index in [1.54, 1.807) is 6.07 Å². The molecule has 34 heavy (non-hydrogen) atoms. The molecule has 0 heterocycles. The van der Waals surface area contributed by atoms with Crippen molar-refractivity contribution in [1.82, 2.24) is 0 Å². The van der Waals surface area contributed by atoms with Gasteiger partial charge in [-0.15, -0.1) is 0 Å². The first kappa shape index (κ1) is 27.9. The molecule has 2 aromatic rings. The van der Waals surface area contributed by atoms with Gasteiger partial charge in [0.05, 0.1) is 13.2 Å². The number of rotatable bonds is 19. The molecule has 4 nitrogen and oxygen atoms in total. The number of anilines is 1. The first-order chi connectivity index (χ1) is 16.7. The van der Waals surface area contributed by atoms with Gasteiger partial charge in [-0.3, -0.25) is 4.79 Å². The van der Waals surface area contributed by atoms with Crippen LogP contribution in [0.4, 0.5) is 5.69 Å². The summed E-state index contributed by atoms with van der Waals surface area (Å²) in [5.41, 5.74) is 2.63. The highest BCUT2D eigenvalue weighted by Crippen LogP contribution is 2.16. The third kappa shape index (κ3) is 12.8. The molecule has 0 aliphatic rings. The fourth-order valence-corrected chi connectivity index (χ4v) is 4.11. The second-order valence-corrected chi connectivity index (χ2v) is 9.29. The first-order valence-corrected chi connectivity index (χ1v) is 13.4. The minimum atomic E-state index is -0.0303. The molecule has 0 saturated heterocycles. The van der Waals surface area contributed by atoms with Crippen LogP contribution in [-0.2, 0) is 17.8 Å². The summed E-state index contributed by atoms with van der Waals surface area (Å²) in [6, 6.07) is 15.4. The Morgan fingerprint density at radius 2 is 1.41 bits per heavy atom. The van der Waals surface area contributed by atoms with Gasteiger partial charge in [0.2, 0.25) is 5.91 Å². The maximum Gasteiger partial charge on any atom is 0.224 e. The molecule has 0 aliphatic carbocycles. The van der Waals surface area contributed by atoms with E-state index in [-0.39, 0.29) is 12.5 Å². The van der Waals surface area contributed by atoms with Crippen LogP contribution in [0, 0.1) is 0 Å². The summed E-state index contributed by atoms with van der Waals surface area (Å²) < 4.78 is 5.88. The number of benzene rings is 2. The van der Waals surface area contributed by atoms with E-state index in [0.29, 0.717) is 12.8 Å². The summed E-state index contributed by atoms with van der Waals surface area (Å²) in [5, 5.41) is 12.1. The Balaban J connectivity index is 1.48. The number of unbranched alkanes of at least 4 members (excludes halogenated alkanes) is 11. The number of aliphatic hydroxyl groups excluding tert-OH is 1. The molecule has 0 aliphatic heterocycles. The zero-order valence-electron chi connectivity index (χ0n) is 21.2. The Morgan fingerprint density at radius 1 is 0.794 bits per heavy atom. The van der Waals surface area contributed by atoms with Gasteiger partial charge in [-0.2, -0.15) is 0 Å². The van der Waals surface area contributed by atoms with Crippen LogP contribution in [0.3, 0.4) is 0 Å². The highest BCUT2D eigenvalue weighted by atomic mass is 16.5. The van der Waals surface area contributed by atoms with Crippen molar-refractivity contribution in [2.45, 2.75) is 103 Å². The maximum atomic E-state index is 12.2. The van der Waals surface area contributed by atoms with E-state index in [1.807, 2.05) is 42.5 Å². The number of ether oxygens (including phenoxy) is 1. The number of carbonyl (C=O) groups is 1. The second-order valence-electron chi connectivity index (χ2n) is 9.29. The first-order valence-electron chi connectivity index (χ1n) is 13.4. The van der Waals surface area contributed by atoms with Gasteiger partial charge in [-0.05, 0) is 48.2 Å². The summed E-state index contributed by atoms with van der Waals surface area (Å²) in [4.78, 5) is 12.2. The van der Waals surface area contributed by atoms with Crippen LogP contribution >= 0.6 is 0 Å². The molecule has 0 atom stereocenters. The Labute approximate surface area is 207 Å². The number of hydrogen-bond acceptors (Lipinski definition) is 3. The Morgan fingerprint density at radius 3 is 2.03 bits per heavy atom. The predicted molar refractivity (Wildman–Crippen MR) is 142 cm³/mol. The van der Waals surface area contributed by atoms with Gasteiger partial charge >= 0.3 is 0 Å². The van der Waals surface area contributed by atoms with E-state index in [4.69, 9.17) is 4.74 Å². The van der Waals surface area contributed by atoms with E-state index in [9.17, 15) is 9.90 Å². The van der Waals surface area contributed by atoms with Crippen LogP contribution in [0.25, 0.3) is 0 Å². The zero-order chi connectivity index (χ0) is 24.3. The fraction of sp³-hybridized carbons (Fsp3) is 0.567. The summed E-state index contributed by atoms with van der Waals surface area (Å²) >= 11 is 0. The summed E-state index contributed by atoms with van der Waals surface area (Å²) in [6.07, 6.45) is 17.3. The quantitative estimate of drug-likeness (QED) is 0.207. The van der Waals surface area contributed by atoms with Crippen LogP contribution in [0.5, 0.6) is 5.75 Å². The largest absolute Gasteiger partial charge is 0.494 e. The van der Waals surface area contributed by atoms with Crippen LogP contribution in [0.2, 0.25) is 0 Å². The van der Waals surface area contributed by atoms with E-state index in [0.717, 1.165) is 35.6 Å². The molecule has 0 bridgehead atoms. The normalized spacial score (nSPS) is 10.9. The minimum absolute atomic E-state index is 0.0256. The average molecular weight is 468 g/mol. The van der Waals surface area contributed by atoms with E-state index in [2.05, 4.69) is 12.2 Å². The van der Waals surface area contributed by atoms with E-state index in [1.165, 1.54) is 70.6 Å². The third-order valence-electron chi connectivity index (χ3n) is 6.22. The van der Waals surface area contributed by atoms with Gasteiger partial charge in [0.15, 0.2) is 0 Å². The summed E-state index contributed by atoms with van der Waals surface area (Å²) in [5.74, 6) is 0.875. The molecule has 1 amide bonds.